The minimum Gasteiger partial charge on any atom is -0.497 e. The van der Waals surface area contributed by atoms with Crippen LogP contribution in [-0.2, 0) is 4.79 Å². The Balaban J connectivity index is 1.94. The molecule has 0 saturated carbocycles. The molecule has 7 heteroatoms. The van der Waals surface area contributed by atoms with Gasteiger partial charge in [0.05, 0.1) is 34.7 Å². The number of amides is 1. The summed E-state index contributed by atoms with van der Waals surface area (Å²) in [6.45, 7) is 1.72. The zero-order valence-corrected chi connectivity index (χ0v) is 14.8. The van der Waals surface area contributed by atoms with Gasteiger partial charge in [-0.1, -0.05) is 23.7 Å². The molecule has 2 aromatic carbocycles. The second kappa shape index (κ2) is 7.01. The van der Waals surface area contributed by atoms with Crippen molar-refractivity contribution in [3.63, 3.8) is 0 Å². The molecule has 3 rings (SSSR count). The van der Waals surface area contributed by atoms with Crippen LogP contribution in [0.1, 0.15) is 22.8 Å². The lowest BCUT2D eigenvalue weighted by molar-refractivity contribution is -0.114. The van der Waals surface area contributed by atoms with E-state index in [4.69, 9.17) is 16.3 Å². The topological polar surface area (TPSA) is 79.2 Å². The highest BCUT2D eigenvalue weighted by molar-refractivity contribution is 6.34. The van der Waals surface area contributed by atoms with E-state index in [1.54, 1.807) is 38.3 Å². The highest BCUT2D eigenvalue weighted by Gasteiger charge is 2.29. The van der Waals surface area contributed by atoms with Crippen molar-refractivity contribution in [2.24, 2.45) is 5.10 Å². The molecule has 26 heavy (non-hydrogen) atoms. The number of carboxylic acids is 1. The average Bonchev–Trinajstić information content (AvgIpc) is 2.91. The Hall–Kier alpha value is -3.12. The molecule has 1 aliphatic heterocycles. The summed E-state index contributed by atoms with van der Waals surface area (Å²) >= 11 is 5.88. The summed E-state index contributed by atoms with van der Waals surface area (Å²) in [7, 11) is 1.58. The van der Waals surface area contributed by atoms with Crippen LogP contribution in [0.4, 0.5) is 5.69 Å². The molecule has 0 atom stereocenters. The van der Waals surface area contributed by atoms with E-state index >= 15 is 0 Å². The number of carboxylic acid groups (broad SMARTS) is 1. The molecule has 1 amide bonds. The quantitative estimate of drug-likeness (QED) is 0.829. The van der Waals surface area contributed by atoms with Crippen molar-refractivity contribution < 1.29 is 19.4 Å². The molecular formula is C19H15ClN2O4. The SMILES string of the molecule is COc1ccc(/C=C2/C(=O)N(c3ccc(Cl)c(C(=O)O)c3)N=C2C)cc1. The van der Waals surface area contributed by atoms with Gasteiger partial charge < -0.3 is 9.84 Å². The molecule has 0 aliphatic carbocycles. The largest absolute Gasteiger partial charge is 0.497 e. The number of methoxy groups -OCH3 is 1. The summed E-state index contributed by atoms with van der Waals surface area (Å²) in [5.74, 6) is -0.783. The molecule has 1 heterocycles. The van der Waals surface area contributed by atoms with Gasteiger partial charge >= 0.3 is 5.97 Å². The van der Waals surface area contributed by atoms with Crippen molar-refractivity contribution in [1.82, 2.24) is 0 Å². The molecule has 1 N–H and O–H groups in total. The van der Waals surface area contributed by atoms with Crippen LogP contribution in [-0.4, -0.2) is 29.8 Å². The number of rotatable bonds is 4. The zero-order chi connectivity index (χ0) is 18.8. The number of carbonyl (C=O) groups excluding carboxylic acids is 1. The first-order valence-electron chi connectivity index (χ1n) is 7.69. The second-order valence-corrected chi connectivity index (χ2v) is 6.01. The highest BCUT2D eigenvalue weighted by Crippen LogP contribution is 2.28. The Morgan fingerprint density at radius 1 is 1.23 bits per heavy atom. The van der Waals surface area contributed by atoms with Crippen molar-refractivity contribution in [2.45, 2.75) is 6.92 Å². The Kier molecular flexibility index (Phi) is 4.77. The highest BCUT2D eigenvalue weighted by atomic mass is 35.5. The predicted molar refractivity (Wildman–Crippen MR) is 100.0 cm³/mol. The van der Waals surface area contributed by atoms with Gasteiger partial charge in [0, 0.05) is 0 Å². The Labute approximate surface area is 155 Å². The van der Waals surface area contributed by atoms with Crippen LogP contribution in [0.15, 0.2) is 53.1 Å². The number of carbonyl (C=O) groups is 2. The van der Waals surface area contributed by atoms with Crippen molar-refractivity contribution in [2.75, 3.05) is 12.1 Å². The Morgan fingerprint density at radius 3 is 2.54 bits per heavy atom. The molecule has 6 nitrogen and oxygen atoms in total. The van der Waals surface area contributed by atoms with Crippen molar-refractivity contribution in [1.29, 1.82) is 0 Å². The number of hydrogen-bond donors (Lipinski definition) is 1. The van der Waals surface area contributed by atoms with Crippen molar-refractivity contribution >= 4 is 41.0 Å². The van der Waals surface area contributed by atoms with Gasteiger partial charge in [0.2, 0.25) is 0 Å². The van der Waals surface area contributed by atoms with E-state index in [0.29, 0.717) is 17.0 Å². The Bertz CT molecular complexity index is 949. The first kappa shape index (κ1) is 17.7. The lowest BCUT2D eigenvalue weighted by Gasteiger charge is -2.13. The van der Waals surface area contributed by atoms with Crippen molar-refractivity contribution in [3.8, 4) is 5.75 Å². The van der Waals surface area contributed by atoms with Gasteiger partial charge in [0.25, 0.3) is 5.91 Å². The van der Waals surface area contributed by atoms with Gasteiger partial charge in [-0.05, 0) is 48.9 Å². The van der Waals surface area contributed by atoms with Crippen LogP contribution in [0.5, 0.6) is 5.75 Å². The molecule has 0 unspecified atom stereocenters. The molecule has 0 bridgehead atoms. The van der Waals surface area contributed by atoms with E-state index in [2.05, 4.69) is 5.10 Å². The zero-order valence-electron chi connectivity index (χ0n) is 14.1. The van der Waals surface area contributed by atoms with Crippen LogP contribution in [0.25, 0.3) is 6.08 Å². The molecule has 0 saturated heterocycles. The summed E-state index contributed by atoms with van der Waals surface area (Å²) in [4.78, 5) is 24.0. The molecular weight excluding hydrogens is 356 g/mol. The fourth-order valence-corrected chi connectivity index (χ4v) is 2.73. The minimum atomic E-state index is -1.17. The van der Waals surface area contributed by atoms with Gasteiger partial charge in [0.15, 0.2) is 0 Å². The predicted octanol–water partition coefficient (Wildman–Crippen LogP) is 3.85. The monoisotopic (exact) mass is 370 g/mol. The molecule has 0 spiro atoms. The van der Waals surface area contributed by atoms with Crippen LogP contribution >= 0.6 is 11.6 Å². The second-order valence-electron chi connectivity index (χ2n) is 5.60. The normalized spacial score (nSPS) is 15.3. The lowest BCUT2D eigenvalue weighted by Crippen LogP contribution is -2.21. The first-order valence-corrected chi connectivity index (χ1v) is 8.07. The summed E-state index contributed by atoms with van der Waals surface area (Å²) in [5, 5.41) is 14.7. The summed E-state index contributed by atoms with van der Waals surface area (Å²) < 4.78 is 5.12. The number of anilines is 1. The fourth-order valence-electron chi connectivity index (χ4n) is 2.53. The maximum Gasteiger partial charge on any atom is 0.337 e. The number of ether oxygens (including phenoxy) is 1. The number of halogens is 1. The summed E-state index contributed by atoms with van der Waals surface area (Å²) in [6, 6.07) is 11.6. The van der Waals surface area contributed by atoms with Crippen LogP contribution in [0.2, 0.25) is 5.02 Å². The maximum absolute atomic E-state index is 12.7. The van der Waals surface area contributed by atoms with E-state index < -0.39 is 5.97 Å². The van der Waals surface area contributed by atoms with E-state index in [1.807, 2.05) is 12.1 Å². The molecule has 1 aliphatic rings. The third kappa shape index (κ3) is 3.32. The number of nitrogens with zero attached hydrogens (tertiary/aromatic N) is 2. The number of aromatic carboxylic acids is 1. The van der Waals surface area contributed by atoms with Gasteiger partial charge in [-0.2, -0.15) is 10.1 Å². The van der Waals surface area contributed by atoms with Gasteiger partial charge in [-0.15, -0.1) is 0 Å². The van der Waals surface area contributed by atoms with E-state index in [9.17, 15) is 14.7 Å². The molecule has 0 aromatic heterocycles. The molecule has 132 valence electrons. The van der Waals surface area contributed by atoms with Crippen LogP contribution in [0.3, 0.4) is 0 Å². The van der Waals surface area contributed by atoms with Crippen LogP contribution in [0, 0.1) is 0 Å². The lowest BCUT2D eigenvalue weighted by atomic mass is 10.1. The van der Waals surface area contributed by atoms with E-state index in [1.165, 1.54) is 17.1 Å². The van der Waals surface area contributed by atoms with E-state index in [0.717, 1.165) is 11.3 Å². The van der Waals surface area contributed by atoms with Gasteiger partial charge in [-0.3, -0.25) is 4.79 Å². The molecule has 0 radical (unpaired) electrons. The van der Waals surface area contributed by atoms with Gasteiger partial charge in [-0.25, -0.2) is 4.79 Å². The first-order chi connectivity index (χ1) is 12.4. The fraction of sp³-hybridized carbons (Fsp3) is 0.105. The summed E-state index contributed by atoms with van der Waals surface area (Å²) in [5.41, 5.74) is 2.05. The number of hydrogen-bond acceptors (Lipinski definition) is 4. The maximum atomic E-state index is 12.7. The number of benzene rings is 2. The van der Waals surface area contributed by atoms with Crippen molar-refractivity contribution in [3.05, 3.63) is 64.2 Å². The summed E-state index contributed by atoms with van der Waals surface area (Å²) in [6.07, 6.45) is 1.73. The standard InChI is InChI=1S/C19H15ClN2O4/c1-11-15(9-12-3-6-14(26-2)7-4-12)18(23)22(21-11)13-5-8-17(20)16(10-13)19(24)25/h3-10H,1-2H3,(H,24,25)/b15-9+. The Morgan fingerprint density at radius 2 is 1.92 bits per heavy atom. The smallest absolute Gasteiger partial charge is 0.337 e. The molecule has 0 fully saturated rings. The average molecular weight is 371 g/mol. The van der Waals surface area contributed by atoms with Crippen LogP contribution < -0.4 is 9.75 Å². The minimum absolute atomic E-state index is 0.0857. The third-order valence-electron chi connectivity index (χ3n) is 3.91. The van der Waals surface area contributed by atoms with E-state index in [-0.39, 0.29) is 16.5 Å². The van der Waals surface area contributed by atoms with Gasteiger partial charge in [0.1, 0.15) is 5.75 Å². The third-order valence-corrected chi connectivity index (χ3v) is 4.24. The molecule has 2 aromatic rings. The number of hydrazone groups is 1.